The smallest absolute Gasteiger partial charge is 0.252 e. The van der Waals surface area contributed by atoms with E-state index in [2.05, 4.69) is 16.4 Å². The second-order valence-corrected chi connectivity index (χ2v) is 6.09. The third-order valence-corrected chi connectivity index (χ3v) is 4.01. The summed E-state index contributed by atoms with van der Waals surface area (Å²) in [5, 5.41) is 3.12. The number of benzene rings is 2. The molecule has 4 nitrogen and oxygen atoms in total. The largest absolute Gasteiger partial charge is 0.338 e. The number of carbonyl (C=O) groups is 1. The number of hydrogen-bond acceptors (Lipinski definition) is 2. The van der Waals surface area contributed by atoms with Crippen LogP contribution in [0.15, 0.2) is 60.9 Å². The second kappa shape index (κ2) is 6.71. The van der Waals surface area contributed by atoms with E-state index in [1.165, 1.54) is 0 Å². The summed E-state index contributed by atoms with van der Waals surface area (Å²) in [6.45, 7) is 3.99. The molecule has 1 atom stereocenters. The molecule has 0 bridgehead atoms. The van der Waals surface area contributed by atoms with Crippen molar-refractivity contribution >= 4 is 5.91 Å². The van der Waals surface area contributed by atoms with Crippen LogP contribution in [0.3, 0.4) is 0 Å². The van der Waals surface area contributed by atoms with E-state index in [9.17, 15) is 4.79 Å². The zero-order chi connectivity index (χ0) is 17.1. The number of rotatable bonds is 4. The highest BCUT2D eigenvalue weighted by Crippen LogP contribution is 2.21. The minimum absolute atomic E-state index is 0.0985. The average molecular weight is 319 g/mol. The van der Waals surface area contributed by atoms with E-state index in [1.807, 2.05) is 74.1 Å². The number of amides is 1. The van der Waals surface area contributed by atoms with Gasteiger partial charge < -0.3 is 9.88 Å². The summed E-state index contributed by atoms with van der Waals surface area (Å²) in [5.41, 5.74) is 3.83. The molecule has 0 aliphatic heterocycles. The highest BCUT2D eigenvalue weighted by atomic mass is 16.1. The van der Waals surface area contributed by atoms with Crippen molar-refractivity contribution in [1.82, 2.24) is 14.9 Å². The van der Waals surface area contributed by atoms with Gasteiger partial charge in [-0.1, -0.05) is 47.5 Å². The van der Waals surface area contributed by atoms with Crippen molar-refractivity contribution in [3.05, 3.63) is 89.0 Å². The van der Waals surface area contributed by atoms with Crippen LogP contribution in [0.2, 0.25) is 0 Å². The fourth-order valence-corrected chi connectivity index (χ4v) is 2.92. The Hall–Kier alpha value is -2.88. The third-order valence-electron chi connectivity index (χ3n) is 4.01. The van der Waals surface area contributed by atoms with Gasteiger partial charge in [0.2, 0.25) is 0 Å². The molecule has 0 aliphatic rings. The quantitative estimate of drug-likeness (QED) is 0.799. The maximum absolute atomic E-state index is 12.8. The van der Waals surface area contributed by atoms with Crippen LogP contribution >= 0.6 is 0 Å². The fourth-order valence-electron chi connectivity index (χ4n) is 2.92. The van der Waals surface area contributed by atoms with Crippen LogP contribution in [-0.2, 0) is 7.05 Å². The minimum Gasteiger partial charge on any atom is -0.338 e. The van der Waals surface area contributed by atoms with Crippen molar-refractivity contribution in [2.24, 2.45) is 7.05 Å². The predicted octanol–water partition coefficient (Wildman–Crippen LogP) is 3.56. The van der Waals surface area contributed by atoms with E-state index in [0.717, 1.165) is 22.5 Å². The Morgan fingerprint density at radius 1 is 1.08 bits per heavy atom. The van der Waals surface area contributed by atoms with Gasteiger partial charge in [-0.05, 0) is 31.5 Å². The van der Waals surface area contributed by atoms with E-state index in [4.69, 9.17) is 0 Å². The molecular formula is C20H21N3O. The first-order chi connectivity index (χ1) is 11.5. The monoisotopic (exact) mass is 319 g/mol. The molecule has 1 amide bonds. The molecule has 1 aromatic heterocycles. The lowest BCUT2D eigenvalue weighted by Crippen LogP contribution is -2.31. The van der Waals surface area contributed by atoms with Crippen LogP contribution in [-0.4, -0.2) is 15.5 Å². The first kappa shape index (κ1) is 16.0. The van der Waals surface area contributed by atoms with Gasteiger partial charge in [0.15, 0.2) is 0 Å². The lowest BCUT2D eigenvalue weighted by atomic mass is 10.0. The molecule has 3 rings (SSSR count). The van der Waals surface area contributed by atoms with Gasteiger partial charge in [0.25, 0.3) is 5.91 Å². The molecule has 0 radical (unpaired) electrons. The molecule has 1 N–H and O–H groups in total. The standard InChI is InChI=1S/C20H21N3O/c1-14-11-15(2)13-17(12-14)20(24)22-18(16-7-5-4-6-8-16)19-21-9-10-23(19)3/h4-13,18H,1-3H3,(H,22,24)/t18-/m0/s1. The number of aryl methyl sites for hydroxylation is 3. The lowest BCUT2D eigenvalue weighted by molar-refractivity contribution is 0.0941. The molecule has 0 unspecified atom stereocenters. The molecule has 0 fully saturated rings. The SMILES string of the molecule is Cc1cc(C)cc(C(=O)N[C@@H](c2ccccc2)c2nccn2C)c1. The Kier molecular flexibility index (Phi) is 4.47. The minimum atomic E-state index is -0.292. The van der Waals surface area contributed by atoms with Crippen LogP contribution in [0.4, 0.5) is 0 Å². The van der Waals surface area contributed by atoms with E-state index < -0.39 is 0 Å². The summed E-state index contributed by atoms with van der Waals surface area (Å²) in [6, 6.07) is 15.5. The number of aromatic nitrogens is 2. The summed E-state index contributed by atoms with van der Waals surface area (Å²) in [6.07, 6.45) is 3.63. The van der Waals surface area contributed by atoms with Crippen LogP contribution < -0.4 is 5.32 Å². The predicted molar refractivity (Wildman–Crippen MR) is 94.9 cm³/mol. The van der Waals surface area contributed by atoms with Crippen LogP contribution in [0.25, 0.3) is 0 Å². The number of imidazole rings is 1. The highest BCUT2D eigenvalue weighted by molar-refractivity contribution is 5.95. The summed E-state index contributed by atoms with van der Waals surface area (Å²) in [5.74, 6) is 0.706. The van der Waals surface area contributed by atoms with Crippen LogP contribution in [0.1, 0.15) is 38.9 Å². The first-order valence-corrected chi connectivity index (χ1v) is 7.96. The normalized spacial score (nSPS) is 12.0. The molecule has 2 aromatic carbocycles. The van der Waals surface area contributed by atoms with Gasteiger partial charge >= 0.3 is 0 Å². The Morgan fingerprint density at radius 2 is 1.75 bits per heavy atom. The molecule has 122 valence electrons. The third kappa shape index (κ3) is 3.38. The summed E-state index contributed by atoms with van der Waals surface area (Å²) < 4.78 is 1.93. The Morgan fingerprint density at radius 3 is 2.33 bits per heavy atom. The summed E-state index contributed by atoms with van der Waals surface area (Å²) in [7, 11) is 1.93. The molecular weight excluding hydrogens is 298 g/mol. The Balaban J connectivity index is 1.95. The lowest BCUT2D eigenvalue weighted by Gasteiger charge is -2.19. The van der Waals surface area contributed by atoms with Crippen molar-refractivity contribution in [3.63, 3.8) is 0 Å². The van der Waals surface area contributed by atoms with Gasteiger partial charge in [-0.25, -0.2) is 4.98 Å². The van der Waals surface area contributed by atoms with Crippen molar-refractivity contribution in [1.29, 1.82) is 0 Å². The molecule has 1 heterocycles. The number of hydrogen-bond donors (Lipinski definition) is 1. The number of nitrogens with zero attached hydrogens (tertiary/aromatic N) is 2. The van der Waals surface area contributed by atoms with Crippen LogP contribution in [0.5, 0.6) is 0 Å². The molecule has 3 aromatic rings. The topological polar surface area (TPSA) is 46.9 Å². The van der Waals surface area contributed by atoms with Crippen molar-refractivity contribution in [3.8, 4) is 0 Å². The fraction of sp³-hybridized carbons (Fsp3) is 0.200. The summed E-state index contributed by atoms with van der Waals surface area (Å²) in [4.78, 5) is 17.2. The van der Waals surface area contributed by atoms with E-state index in [0.29, 0.717) is 5.56 Å². The molecule has 0 spiro atoms. The van der Waals surface area contributed by atoms with E-state index in [1.54, 1.807) is 6.20 Å². The van der Waals surface area contributed by atoms with Crippen molar-refractivity contribution in [2.75, 3.05) is 0 Å². The molecule has 0 saturated heterocycles. The van der Waals surface area contributed by atoms with Gasteiger partial charge in [0.1, 0.15) is 11.9 Å². The van der Waals surface area contributed by atoms with Gasteiger partial charge in [-0.15, -0.1) is 0 Å². The maximum Gasteiger partial charge on any atom is 0.252 e. The zero-order valence-electron chi connectivity index (χ0n) is 14.2. The highest BCUT2D eigenvalue weighted by Gasteiger charge is 2.21. The number of nitrogens with one attached hydrogen (secondary N) is 1. The average Bonchev–Trinajstić information content (AvgIpc) is 2.98. The summed E-state index contributed by atoms with van der Waals surface area (Å²) >= 11 is 0. The second-order valence-electron chi connectivity index (χ2n) is 6.09. The first-order valence-electron chi connectivity index (χ1n) is 7.96. The van der Waals surface area contributed by atoms with Crippen molar-refractivity contribution < 1.29 is 4.79 Å². The van der Waals surface area contributed by atoms with Crippen LogP contribution in [0, 0.1) is 13.8 Å². The Bertz CT molecular complexity index is 832. The Labute approximate surface area is 142 Å². The molecule has 0 aliphatic carbocycles. The number of carbonyl (C=O) groups excluding carboxylic acids is 1. The van der Waals surface area contributed by atoms with Crippen molar-refractivity contribution in [2.45, 2.75) is 19.9 Å². The maximum atomic E-state index is 12.8. The zero-order valence-corrected chi connectivity index (χ0v) is 14.2. The van der Waals surface area contributed by atoms with Gasteiger partial charge in [-0.2, -0.15) is 0 Å². The molecule has 4 heteroatoms. The van der Waals surface area contributed by atoms with E-state index in [-0.39, 0.29) is 11.9 Å². The van der Waals surface area contributed by atoms with Gasteiger partial charge in [0.05, 0.1) is 0 Å². The van der Waals surface area contributed by atoms with Gasteiger partial charge in [-0.3, -0.25) is 4.79 Å². The molecule has 24 heavy (non-hydrogen) atoms. The van der Waals surface area contributed by atoms with Gasteiger partial charge in [0, 0.05) is 25.0 Å². The molecule has 0 saturated carbocycles. The van der Waals surface area contributed by atoms with E-state index >= 15 is 0 Å².